The third-order valence-corrected chi connectivity index (χ3v) is 4.90. The van der Waals surface area contributed by atoms with E-state index in [1.807, 2.05) is 18.2 Å². The van der Waals surface area contributed by atoms with Crippen molar-refractivity contribution in [1.82, 2.24) is 0 Å². The van der Waals surface area contributed by atoms with Crippen molar-refractivity contribution in [2.75, 3.05) is 19.7 Å². The van der Waals surface area contributed by atoms with Gasteiger partial charge in [0.1, 0.15) is 6.10 Å². The molecule has 0 heterocycles. The third kappa shape index (κ3) is 3.24. The number of carbonyl (C=O) groups is 3. The number of carbonyl (C=O) groups excluding carboxylic acids is 3. The fraction of sp³-hybridized carbons (Fsp3) is 0.500. The molecule has 0 spiro atoms. The Kier molecular flexibility index (Phi) is 5.79. The fourth-order valence-electron chi connectivity index (χ4n) is 3.55. The minimum Gasteiger partial charge on any atom is -0.468 e. The molecule has 1 N–H and O–H groups in total. The summed E-state index contributed by atoms with van der Waals surface area (Å²) in [6.07, 6.45) is -0.982. The van der Waals surface area contributed by atoms with Gasteiger partial charge in [-0.15, -0.1) is 0 Å². The number of nitrogens with one attached hydrogen (secondary N) is 1. The number of ketones is 1. The van der Waals surface area contributed by atoms with Crippen LogP contribution in [0.25, 0.3) is 0 Å². The molecule has 136 valence electrons. The smallest absolute Gasteiger partial charge is 0.323 e. The van der Waals surface area contributed by atoms with Crippen molar-refractivity contribution >= 4 is 23.4 Å². The number of ether oxygens (including phenoxy) is 2. The molecule has 0 unspecified atom stereocenters. The van der Waals surface area contributed by atoms with Crippen LogP contribution in [-0.2, 0) is 28.7 Å². The Morgan fingerprint density at radius 3 is 2.16 bits per heavy atom. The number of hydrogen-bond acceptors (Lipinski definition) is 7. The van der Waals surface area contributed by atoms with Crippen molar-refractivity contribution < 1.29 is 28.7 Å². The molecule has 1 fully saturated rings. The first-order valence-corrected chi connectivity index (χ1v) is 8.05. The number of rotatable bonds is 5. The van der Waals surface area contributed by atoms with E-state index < -0.39 is 35.3 Å². The van der Waals surface area contributed by atoms with E-state index >= 15 is 0 Å². The summed E-state index contributed by atoms with van der Waals surface area (Å²) in [7, 11) is 2.42. The highest BCUT2D eigenvalue weighted by Gasteiger charge is 2.63. The minimum absolute atomic E-state index is 0.00960. The molecule has 3 atom stereocenters. The van der Waals surface area contributed by atoms with Crippen LogP contribution in [0.1, 0.15) is 20.3 Å². The Morgan fingerprint density at radius 2 is 1.64 bits per heavy atom. The first-order chi connectivity index (χ1) is 11.9. The van der Waals surface area contributed by atoms with Crippen LogP contribution >= 0.6 is 0 Å². The summed E-state index contributed by atoms with van der Waals surface area (Å²) < 4.78 is 9.75. The SMILES string of the molecule is COC(=O)C1(C(=O)OC)[C@H](C)[C@@H](ONc2ccccc2)C(=O)C[C@@H]1C. The fourth-order valence-corrected chi connectivity index (χ4v) is 3.55. The maximum atomic E-state index is 12.5. The number of para-hydroxylation sites is 1. The largest absolute Gasteiger partial charge is 0.468 e. The van der Waals surface area contributed by atoms with Gasteiger partial charge in [0.05, 0.1) is 19.9 Å². The van der Waals surface area contributed by atoms with E-state index in [1.165, 1.54) is 14.2 Å². The van der Waals surface area contributed by atoms with Gasteiger partial charge in [0.25, 0.3) is 0 Å². The molecule has 2 rings (SSSR count). The highest BCUT2D eigenvalue weighted by Crippen LogP contribution is 2.47. The van der Waals surface area contributed by atoms with Gasteiger partial charge in [-0.3, -0.25) is 24.7 Å². The minimum atomic E-state index is -1.60. The second-order valence-corrected chi connectivity index (χ2v) is 6.22. The van der Waals surface area contributed by atoms with Crippen LogP contribution in [0.5, 0.6) is 0 Å². The molecular formula is C18H23NO6. The van der Waals surface area contributed by atoms with Gasteiger partial charge < -0.3 is 9.47 Å². The molecule has 0 saturated heterocycles. The average molecular weight is 349 g/mol. The van der Waals surface area contributed by atoms with E-state index in [1.54, 1.807) is 26.0 Å². The van der Waals surface area contributed by atoms with Gasteiger partial charge in [0.15, 0.2) is 11.2 Å². The average Bonchev–Trinajstić information content (AvgIpc) is 2.61. The van der Waals surface area contributed by atoms with Crippen molar-refractivity contribution in [2.45, 2.75) is 26.4 Å². The van der Waals surface area contributed by atoms with Gasteiger partial charge in [-0.25, -0.2) is 0 Å². The standard InChI is InChI=1S/C18H23NO6/c1-11-10-14(20)15(25-19-13-8-6-5-7-9-13)12(2)18(11,16(21)23-3)17(22)24-4/h5-9,11-12,15,19H,10H2,1-4H3/t11-,12+,15+/m0/s1. The van der Waals surface area contributed by atoms with Gasteiger partial charge in [0.2, 0.25) is 0 Å². The van der Waals surface area contributed by atoms with E-state index in [0.29, 0.717) is 5.69 Å². The highest BCUT2D eigenvalue weighted by molar-refractivity contribution is 6.03. The molecule has 1 saturated carbocycles. The summed E-state index contributed by atoms with van der Waals surface area (Å²) in [5.41, 5.74) is 1.78. The summed E-state index contributed by atoms with van der Waals surface area (Å²) in [6, 6.07) is 9.02. The van der Waals surface area contributed by atoms with Gasteiger partial charge in [0, 0.05) is 12.3 Å². The quantitative estimate of drug-likeness (QED) is 0.494. The van der Waals surface area contributed by atoms with Crippen molar-refractivity contribution in [3.8, 4) is 0 Å². The van der Waals surface area contributed by atoms with Crippen LogP contribution in [0.3, 0.4) is 0 Å². The zero-order valence-corrected chi connectivity index (χ0v) is 14.8. The lowest BCUT2D eigenvalue weighted by Gasteiger charge is -2.44. The lowest BCUT2D eigenvalue weighted by atomic mass is 9.59. The van der Waals surface area contributed by atoms with Gasteiger partial charge >= 0.3 is 11.9 Å². The lowest BCUT2D eigenvalue weighted by Crippen LogP contribution is -2.60. The third-order valence-electron chi connectivity index (χ3n) is 4.90. The van der Waals surface area contributed by atoms with Crippen LogP contribution in [-0.4, -0.2) is 38.0 Å². The molecule has 1 aliphatic rings. The molecule has 0 aliphatic heterocycles. The molecule has 0 radical (unpaired) electrons. The molecular weight excluding hydrogens is 326 g/mol. The van der Waals surface area contributed by atoms with Crippen LogP contribution in [0, 0.1) is 17.3 Å². The molecule has 0 amide bonds. The molecule has 7 nitrogen and oxygen atoms in total. The van der Waals surface area contributed by atoms with E-state index in [-0.39, 0.29) is 12.2 Å². The maximum Gasteiger partial charge on any atom is 0.323 e. The summed E-state index contributed by atoms with van der Waals surface area (Å²) in [5, 5.41) is 0. The predicted molar refractivity (Wildman–Crippen MR) is 89.4 cm³/mol. The summed E-state index contributed by atoms with van der Waals surface area (Å²) in [4.78, 5) is 43.1. The number of hydrogen-bond donors (Lipinski definition) is 1. The van der Waals surface area contributed by atoms with E-state index in [4.69, 9.17) is 14.3 Å². The van der Waals surface area contributed by atoms with Gasteiger partial charge in [-0.05, 0) is 18.1 Å². The van der Waals surface area contributed by atoms with E-state index in [9.17, 15) is 14.4 Å². The first-order valence-electron chi connectivity index (χ1n) is 8.05. The number of Topliss-reactive ketones (excluding diaryl/α,β-unsaturated/α-hetero) is 1. The topological polar surface area (TPSA) is 90.9 Å². The molecule has 25 heavy (non-hydrogen) atoms. The summed E-state index contributed by atoms with van der Waals surface area (Å²) >= 11 is 0. The normalized spacial score (nSPS) is 25.1. The number of esters is 2. The number of anilines is 1. The van der Waals surface area contributed by atoms with E-state index in [2.05, 4.69) is 5.48 Å². The van der Waals surface area contributed by atoms with Gasteiger partial charge in [-0.1, -0.05) is 32.0 Å². The Bertz CT molecular complexity index is 628. The van der Waals surface area contributed by atoms with Crippen LogP contribution in [0.4, 0.5) is 5.69 Å². The monoisotopic (exact) mass is 349 g/mol. The predicted octanol–water partition coefficient (Wildman–Crippen LogP) is 1.98. The number of benzene rings is 1. The summed E-state index contributed by atoms with van der Waals surface area (Å²) in [6.45, 7) is 3.29. The Hall–Kier alpha value is -2.41. The van der Waals surface area contributed by atoms with Crippen LogP contribution in [0.2, 0.25) is 0 Å². The summed E-state index contributed by atoms with van der Waals surface area (Å²) in [5.74, 6) is -2.96. The lowest BCUT2D eigenvalue weighted by molar-refractivity contribution is -0.189. The Labute approximate surface area is 146 Å². The molecule has 7 heteroatoms. The zero-order valence-electron chi connectivity index (χ0n) is 14.8. The van der Waals surface area contributed by atoms with Crippen molar-refractivity contribution in [3.63, 3.8) is 0 Å². The second-order valence-electron chi connectivity index (χ2n) is 6.22. The molecule has 1 aliphatic carbocycles. The molecule has 0 aromatic heterocycles. The maximum absolute atomic E-state index is 12.5. The van der Waals surface area contributed by atoms with Crippen molar-refractivity contribution in [1.29, 1.82) is 0 Å². The zero-order chi connectivity index (χ0) is 18.6. The molecule has 1 aromatic rings. The van der Waals surface area contributed by atoms with Crippen molar-refractivity contribution in [2.24, 2.45) is 17.3 Å². The van der Waals surface area contributed by atoms with Crippen LogP contribution < -0.4 is 5.48 Å². The second kappa shape index (κ2) is 7.65. The first kappa shape index (κ1) is 18.9. The number of methoxy groups -OCH3 is 2. The van der Waals surface area contributed by atoms with E-state index in [0.717, 1.165) is 0 Å². The van der Waals surface area contributed by atoms with Gasteiger partial charge in [-0.2, -0.15) is 0 Å². The Balaban J connectivity index is 2.33. The highest BCUT2D eigenvalue weighted by atomic mass is 16.7. The molecule has 0 bridgehead atoms. The Morgan fingerprint density at radius 1 is 1.08 bits per heavy atom. The van der Waals surface area contributed by atoms with Crippen molar-refractivity contribution in [3.05, 3.63) is 30.3 Å². The molecule has 1 aromatic carbocycles. The van der Waals surface area contributed by atoms with Crippen LogP contribution in [0.15, 0.2) is 30.3 Å².